The number of benzene rings is 1. The molecular weight excluding hydrogens is 205 g/mol. The highest BCUT2D eigenvalue weighted by molar-refractivity contribution is 6.34. The molecule has 2 nitrogen and oxygen atoms in total. The van der Waals surface area contributed by atoms with Crippen molar-refractivity contribution in [2.45, 2.75) is 6.92 Å². The molecule has 1 aliphatic rings. The zero-order chi connectivity index (χ0) is 10.3. The summed E-state index contributed by atoms with van der Waals surface area (Å²) < 4.78 is 13.1. The predicted molar refractivity (Wildman–Crippen MR) is 53.7 cm³/mol. The van der Waals surface area contributed by atoms with E-state index in [9.17, 15) is 9.18 Å². The van der Waals surface area contributed by atoms with E-state index in [1.807, 2.05) is 0 Å². The molecule has 0 fully saturated rings. The molecule has 4 heteroatoms. The zero-order valence-corrected chi connectivity index (χ0v) is 8.15. The SMILES string of the molecule is C/C=C1/C(=O)Nc2cc(Cl)c(F)cc21. The normalized spacial score (nSPS) is 17.1. The Balaban J connectivity index is 2.66. The van der Waals surface area contributed by atoms with Gasteiger partial charge in [-0.25, -0.2) is 4.39 Å². The summed E-state index contributed by atoms with van der Waals surface area (Å²) in [7, 11) is 0. The maximum atomic E-state index is 13.1. The molecule has 1 N–H and O–H groups in total. The first kappa shape index (κ1) is 9.21. The van der Waals surface area contributed by atoms with Crippen molar-refractivity contribution in [3.63, 3.8) is 0 Å². The Hall–Kier alpha value is -1.35. The second-order valence-corrected chi connectivity index (χ2v) is 3.38. The number of carbonyl (C=O) groups is 1. The molecule has 1 aromatic rings. The molecule has 0 radical (unpaired) electrons. The fraction of sp³-hybridized carbons (Fsp3) is 0.100. The van der Waals surface area contributed by atoms with Crippen LogP contribution in [0.3, 0.4) is 0 Å². The highest BCUT2D eigenvalue weighted by Gasteiger charge is 2.24. The average molecular weight is 212 g/mol. The Morgan fingerprint density at radius 2 is 2.21 bits per heavy atom. The van der Waals surface area contributed by atoms with Crippen LogP contribution in [0.4, 0.5) is 10.1 Å². The van der Waals surface area contributed by atoms with Crippen LogP contribution in [0.2, 0.25) is 5.02 Å². The molecule has 2 rings (SSSR count). The first-order valence-corrected chi connectivity index (χ1v) is 4.48. The van der Waals surface area contributed by atoms with Gasteiger partial charge in [0, 0.05) is 11.1 Å². The van der Waals surface area contributed by atoms with Crippen LogP contribution in [0.25, 0.3) is 5.57 Å². The summed E-state index contributed by atoms with van der Waals surface area (Å²) >= 11 is 5.59. The fourth-order valence-corrected chi connectivity index (χ4v) is 1.64. The summed E-state index contributed by atoms with van der Waals surface area (Å²) in [6.07, 6.45) is 1.65. The van der Waals surface area contributed by atoms with E-state index < -0.39 is 5.82 Å². The van der Waals surface area contributed by atoms with Gasteiger partial charge in [-0.05, 0) is 19.1 Å². The van der Waals surface area contributed by atoms with Gasteiger partial charge in [0.15, 0.2) is 0 Å². The van der Waals surface area contributed by atoms with Crippen LogP contribution in [-0.4, -0.2) is 5.91 Å². The second-order valence-electron chi connectivity index (χ2n) is 2.97. The molecule has 0 saturated heterocycles. The minimum absolute atomic E-state index is 0.0152. The van der Waals surface area contributed by atoms with Gasteiger partial charge in [-0.1, -0.05) is 17.7 Å². The van der Waals surface area contributed by atoms with Crippen LogP contribution >= 0.6 is 11.6 Å². The second kappa shape index (κ2) is 3.10. The van der Waals surface area contributed by atoms with E-state index in [1.165, 1.54) is 12.1 Å². The lowest BCUT2D eigenvalue weighted by atomic mass is 10.1. The summed E-state index contributed by atoms with van der Waals surface area (Å²) in [6.45, 7) is 1.73. The van der Waals surface area contributed by atoms with Gasteiger partial charge in [-0.3, -0.25) is 4.79 Å². The third-order valence-corrected chi connectivity index (χ3v) is 2.42. The Morgan fingerprint density at radius 1 is 1.50 bits per heavy atom. The van der Waals surface area contributed by atoms with E-state index in [2.05, 4.69) is 5.32 Å². The minimum Gasteiger partial charge on any atom is -0.321 e. The molecule has 0 unspecified atom stereocenters. The van der Waals surface area contributed by atoms with Crippen LogP contribution in [0, 0.1) is 5.82 Å². The first-order valence-electron chi connectivity index (χ1n) is 4.10. The number of hydrogen-bond donors (Lipinski definition) is 1. The van der Waals surface area contributed by atoms with Gasteiger partial charge in [0.2, 0.25) is 0 Å². The summed E-state index contributed by atoms with van der Waals surface area (Å²) in [5.41, 5.74) is 1.62. The van der Waals surface area contributed by atoms with Crippen molar-refractivity contribution < 1.29 is 9.18 Å². The van der Waals surface area contributed by atoms with Crippen molar-refractivity contribution in [3.8, 4) is 0 Å². The number of amides is 1. The highest BCUT2D eigenvalue weighted by Crippen LogP contribution is 2.34. The molecule has 0 spiro atoms. The van der Waals surface area contributed by atoms with Crippen LogP contribution in [-0.2, 0) is 4.79 Å². The minimum atomic E-state index is -0.513. The number of anilines is 1. The van der Waals surface area contributed by atoms with Crippen molar-refractivity contribution >= 4 is 28.8 Å². The van der Waals surface area contributed by atoms with E-state index >= 15 is 0 Å². The largest absolute Gasteiger partial charge is 0.321 e. The molecule has 1 amide bonds. The molecule has 0 aliphatic carbocycles. The van der Waals surface area contributed by atoms with Crippen LogP contribution in [0.5, 0.6) is 0 Å². The van der Waals surface area contributed by atoms with Crippen molar-refractivity contribution in [2.24, 2.45) is 0 Å². The fourth-order valence-electron chi connectivity index (χ4n) is 1.47. The van der Waals surface area contributed by atoms with Gasteiger partial charge in [0.25, 0.3) is 5.91 Å². The number of fused-ring (bicyclic) bond motifs is 1. The lowest BCUT2D eigenvalue weighted by Gasteiger charge is -1.99. The molecule has 72 valence electrons. The summed E-state index contributed by atoms with van der Waals surface area (Å²) in [4.78, 5) is 11.3. The number of allylic oxidation sites excluding steroid dienone is 1. The lowest BCUT2D eigenvalue weighted by molar-refractivity contribution is -0.110. The Labute approximate surface area is 85.4 Å². The summed E-state index contributed by atoms with van der Waals surface area (Å²) in [5, 5.41) is 2.62. The molecule has 0 saturated carbocycles. The molecule has 0 bridgehead atoms. The third-order valence-electron chi connectivity index (χ3n) is 2.13. The highest BCUT2D eigenvalue weighted by atomic mass is 35.5. The van der Waals surface area contributed by atoms with Crippen molar-refractivity contribution in [1.82, 2.24) is 0 Å². The van der Waals surface area contributed by atoms with E-state index in [4.69, 9.17) is 11.6 Å². The van der Waals surface area contributed by atoms with Crippen LogP contribution in [0.15, 0.2) is 18.2 Å². The topological polar surface area (TPSA) is 29.1 Å². The van der Waals surface area contributed by atoms with Crippen molar-refractivity contribution in [1.29, 1.82) is 0 Å². The molecule has 14 heavy (non-hydrogen) atoms. The maximum absolute atomic E-state index is 13.1. The van der Waals surface area contributed by atoms with Gasteiger partial charge in [0.05, 0.1) is 10.7 Å². The third kappa shape index (κ3) is 1.21. The molecule has 1 aromatic carbocycles. The molecule has 1 aliphatic heterocycles. The Morgan fingerprint density at radius 3 is 2.86 bits per heavy atom. The van der Waals surface area contributed by atoms with Gasteiger partial charge in [0.1, 0.15) is 5.82 Å². The Bertz CT molecular complexity index is 454. The van der Waals surface area contributed by atoms with Gasteiger partial charge >= 0.3 is 0 Å². The number of rotatable bonds is 0. The zero-order valence-electron chi connectivity index (χ0n) is 7.40. The van der Waals surface area contributed by atoms with E-state index in [1.54, 1.807) is 13.0 Å². The molecule has 0 aromatic heterocycles. The summed E-state index contributed by atoms with van der Waals surface area (Å²) in [5.74, 6) is -0.731. The van der Waals surface area contributed by atoms with Gasteiger partial charge in [-0.2, -0.15) is 0 Å². The van der Waals surface area contributed by atoms with Gasteiger partial charge in [-0.15, -0.1) is 0 Å². The van der Waals surface area contributed by atoms with Crippen LogP contribution < -0.4 is 5.32 Å². The van der Waals surface area contributed by atoms with E-state index in [0.717, 1.165) is 0 Å². The number of hydrogen-bond acceptors (Lipinski definition) is 1. The van der Waals surface area contributed by atoms with E-state index in [-0.39, 0.29) is 10.9 Å². The number of halogens is 2. The first-order chi connectivity index (χ1) is 6.63. The molecule has 0 atom stereocenters. The Kier molecular flexibility index (Phi) is 2.04. The molecular formula is C10H7ClFNO. The quantitative estimate of drug-likeness (QED) is 0.657. The average Bonchev–Trinajstić information content (AvgIpc) is 2.42. The summed E-state index contributed by atoms with van der Waals surface area (Å²) in [6, 6.07) is 2.69. The number of nitrogens with one attached hydrogen (secondary N) is 1. The number of carbonyl (C=O) groups excluding carboxylic acids is 1. The monoisotopic (exact) mass is 211 g/mol. The standard InChI is InChI=1S/C10H7ClFNO/c1-2-5-6-3-8(12)7(11)4-9(6)13-10(5)14/h2-4H,1H3,(H,13,14)/b5-2+. The lowest BCUT2D eigenvalue weighted by Crippen LogP contribution is -2.03. The van der Waals surface area contributed by atoms with Gasteiger partial charge < -0.3 is 5.32 Å². The predicted octanol–water partition coefficient (Wildman–Crippen LogP) is 2.83. The van der Waals surface area contributed by atoms with E-state index in [0.29, 0.717) is 16.8 Å². The molecule has 1 heterocycles. The maximum Gasteiger partial charge on any atom is 0.256 e. The smallest absolute Gasteiger partial charge is 0.256 e. The van der Waals surface area contributed by atoms with Crippen LogP contribution in [0.1, 0.15) is 12.5 Å². The van der Waals surface area contributed by atoms with Crippen molar-refractivity contribution in [2.75, 3.05) is 5.32 Å². The van der Waals surface area contributed by atoms with Crippen molar-refractivity contribution in [3.05, 3.63) is 34.6 Å².